The molecule has 3 heteroatoms. The van der Waals surface area contributed by atoms with Crippen molar-refractivity contribution in [1.29, 1.82) is 5.26 Å². The quantitative estimate of drug-likeness (QED) is 0.757. The molecule has 1 aromatic rings. The van der Waals surface area contributed by atoms with Crippen molar-refractivity contribution < 1.29 is 4.39 Å². The molecule has 1 saturated heterocycles. The van der Waals surface area contributed by atoms with E-state index in [9.17, 15) is 4.39 Å². The Morgan fingerprint density at radius 2 is 1.94 bits per heavy atom. The van der Waals surface area contributed by atoms with Gasteiger partial charge in [0.25, 0.3) is 0 Å². The number of anilines is 1. The molecule has 3 rings (SSSR count). The molecule has 0 spiro atoms. The molecule has 0 aromatic heterocycles. The normalized spacial score (nSPS) is 26.8. The van der Waals surface area contributed by atoms with Gasteiger partial charge in [-0.2, -0.15) is 5.26 Å². The van der Waals surface area contributed by atoms with E-state index in [1.54, 1.807) is 12.1 Å². The minimum atomic E-state index is -0.256. The fraction of sp³-hybridized carbons (Fsp3) is 0.533. The Kier molecular flexibility index (Phi) is 2.95. The van der Waals surface area contributed by atoms with Crippen molar-refractivity contribution >= 4 is 5.69 Å². The monoisotopic (exact) mass is 244 g/mol. The largest absolute Gasteiger partial charge is 0.369 e. The van der Waals surface area contributed by atoms with Crippen molar-refractivity contribution in [2.24, 2.45) is 11.8 Å². The molecule has 1 aliphatic heterocycles. The van der Waals surface area contributed by atoms with Crippen LogP contribution in [-0.2, 0) is 0 Å². The standard InChI is InChI=1S/C15H17FN2/c16-14-7-11(8-17)4-5-15(14)18-9-12-2-1-3-13(6-12)10-18/h4-5,7,12-13H,1-3,6,9-10H2. The van der Waals surface area contributed by atoms with Crippen LogP contribution in [0.4, 0.5) is 10.1 Å². The van der Waals surface area contributed by atoms with E-state index < -0.39 is 0 Å². The van der Waals surface area contributed by atoms with Gasteiger partial charge in [-0.25, -0.2) is 4.39 Å². The van der Waals surface area contributed by atoms with Crippen molar-refractivity contribution in [3.8, 4) is 6.07 Å². The lowest BCUT2D eigenvalue weighted by Gasteiger charge is -2.42. The molecule has 2 bridgehead atoms. The summed E-state index contributed by atoms with van der Waals surface area (Å²) in [6, 6.07) is 6.80. The molecule has 94 valence electrons. The van der Waals surface area contributed by atoms with E-state index in [0.29, 0.717) is 11.3 Å². The summed E-state index contributed by atoms with van der Waals surface area (Å²) in [6.07, 6.45) is 5.21. The minimum Gasteiger partial charge on any atom is -0.369 e. The minimum absolute atomic E-state index is 0.256. The maximum absolute atomic E-state index is 14.0. The lowest BCUT2D eigenvalue weighted by Crippen LogP contribution is -2.43. The fourth-order valence-corrected chi connectivity index (χ4v) is 3.46. The Labute approximate surface area is 107 Å². The van der Waals surface area contributed by atoms with Gasteiger partial charge in [-0.3, -0.25) is 0 Å². The van der Waals surface area contributed by atoms with E-state index in [2.05, 4.69) is 4.90 Å². The van der Waals surface area contributed by atoms with Crippen molar-refractivity contribution in [2.45, 2.75) is 25.7 Å². The first kappa shape index (κ1) is 11.5. The average Bonchev–Trinajstić information content (AvgIpc) is 2.38. The topological polar surface area (TPSA) is 27.0 Å². The van der Waals surface area contributed by atoms with Gasteiger partial charge < -0.3 is 4.90 Å². The number of nitrogens with zero attached hydrogens (tertiary/aromatic N) is 2. The number of rotatable bonds is 1. The second-order valence-electron chi connectivity index (χ2n) is 5.58. The second kappa shape index (κ2) is 4.61. The predicted octanol–water partition coefficient (Wildman–Crippen LogP) is 3.32. The van der Waals surface area contributed by atoms with Crippen LogP contribution in [0.5, 0.6) is 0 Å². The van der Waals surface area contributed by atoms with E-state index in [4.69, 9.17) is 5.26 Å². The van der Waals surface area contributed by atoms with Gasteiger partial charge in [-0.1, -0.05) is 6.42 Å². The van der Waals surface area contributed by atoms with E-state index in [0.717, 1.165) is 24.9 Å². The van der Waals surface area contributed by atoms with Crippen LogP contribution in [0.3, 0.4) is 0 Å². The molecular weight excluding hydrogens is 227 g/mol. The summed E-state index contributed by atoms with van der Waals surface area (Å²) >= 11 is 0. The first-order chi connectivity index (χ1) is 8.76. The average molecular weight is 244 g/mol. The third-order valence-electron chi connectivity index (χ3n) is 4.27. The van der Waals surface area contributed by atoms with Gasteiger partial charge >= 0.3 is 0 Å². The predicted molar refractivity (Wildman–Crippen MR) is 68.8 cm³/mol. The highest BCUT2D eigenvalue weighted by atomic mass is 19.1. The number of benzene rings is 1. The van der Waals surface area contributed by atoms with Crippen LogP contribution in [-0.4, -0.2) is 13.1 Å². The van der Waals surface area contributed by atoms with Crippen molar-refractivity contribution in [2.75, 3.05) is 18.0 Å². The Morgan fingerprint density at radius 1 is 1.22 bits per heavy atom. The zero-order valence-corrected chi connectivity index (χ0v) is 10.4. The molecule has 1 aliphatic carbocycles. The summed E-state index contributed by atoms with van der Waals surface area (Å²) in [5, 5.41) is 8.76. The van der Waals surface area contributed by atoms with Crippen LogP contribution in [0.2, 0.25) is 0 Å². The number of halogens is 1. The first-order valence-corrected chi connectivity index (χ1v) is 6.71. The fourth-order valence-electron chi connectivity index (χ4n) is 3.46. The summed E-state index contributed by atoms with van der Waals surface area (Å²) in [4.78, 5) is 2.18. The lowest BCUT2D eigenvalue weighted by atomic mass is 9.78. The molecule has 2 fully saturated rings. The highest BCUT2D eigenvalue weighted by molar-refractivity contribution is 5.51. The summed E-state index contributed by atoms with van der Waals surface area (Å²) in [7, 11) is 0. The van der Waals surface area contributed by atoms with E-state index >= 15 is 0 Å². The third kappa shape index (κ3) is 2.08. The van der Waals surface area contributed by atoms with Crippen molar-refractivity contribution in [3.05, 3.63) is 29.6 Å². The maximum Gasteiger partial charge on any atom is 0.147 e. The molecule has 2 nitrogen and oxygen atoms in total. The molecule has 0 radical (unpaired) electrons. The highest BCUT2D eigenvalue weighted by Crippen LogP contribution is 2.36. The van der Waals surface area contributed by atoms with Gasteiger partial charge in [0.1, 0.15) is 5.82 Å². The molecule has 18 heavy (non-hydrogen) atoms. The second-order valence-corrected chi connectivity index (χ2v) is 5.58. The molecule has 1 aromatic carbocycles. The van der Waals surface area contributed by atoms with Crippen LogP contribution in [0, 0.1) is 29.0 Å². The van der Waals surface area contributed by atoms with Gasteiger partial charge in [0.2, 0.25) is 0 Å². The van der Waals surface area contributed by atoms with Gasteiger partial charge in [-0.05, 0) is 49.3 Å². The summed E-state index contributed by atoms with van der Waals surface area (Å²) in [5.41, 5.74) is 1.07. The zero-order chi connectivity index (χ0) is 12.5. The number of nitriles is 1. The molecule has 0 N–H and O–H groups in total. The summed E-state index contributed by atoms with van der Waals surface area (Å²) in [6.45, 7) is 1.94. The molecule has 2 aliphatic rings. The molecule has 1 heterocycles. The van der Waals surface area contributed by atoms with Crippen LogP contribution >= 0.6 is 0 Å². The molecule has 2 atom stereocenters. The zero-order valence-electron chi connectivity index (χ0n) is 10.4. The van der Waals surface area contributed by atoms with E-state index in [1.807, 2.05) is 6.07 Å². The van der Waals surface area contributed by atoms with Crippen molar-refractivity contribution in [1.82, 2.24) is 0 Å². The summed E-state index contributed by atoms with van der Waals surface area (Å²) < 4.78 is 14.0. The van der Waals surface area contributed by atoms with Crippen LogP contribution < -0.4 is 4.90 Å². The summed E-state index contributed by atoms with van der Waals surface area (Å²) in [5.74, 6) is 1.20. The Morgan fingerprint density at radius 3 is 2.56 bits per heavy atom. The van der Waals surface area contributed by atoms with Gasteiger partial charge in [0.05, 0.1) is 17.3 Å². The Hall–Kier alpha value is -1.56. The number of piperidine rings is 1. The third-order valence-corrected chi connectivity index (χ3v) is 4.27. The molecule has 0 amide bonds. The van der Waals surface area contributed by atoms with E-state index in [1.165, 1.54) is 31.7 Å². The smallest absolute Gasteiger partial charge is 0.147 e. The molecular formula is C15H17FN2. The van der Waals surface area contributed by atoms with Crippen LogP contribution in [0.15, 0.2) is 18.2 Å². The van der Waals surface area contributed by atoms with Gasteiger partial charge in [-0.15, -0.1) is 0 Å². The lowest BCUT2D eigenvalue weighted by molar-refractivity contribution is 0.230. The number of hydrogen-bond donors (Lipinski definition) is 0. The van der Waals surface area contributed by atoms with Crippen LogP contribution in [0.1, 0.15) is 31.2 Å². The Balaban J connectivity index is 1.84. The number of fused-ring (bicyclic) bond motifs is 2. The van der Waals surface area contributed by atoms with Gasteiger partial charge in [0.15, 0.2) is 0 Å². The van der Waals surface area contributed by atoms with Gasteiger partial charge in [0, 0.05) is 13.1 Å². The van der Waals surface area contributed by atoms with E-state index in [-0.39, 0.29) is 5.82 Å². The van der Waals surface area contributed by atoms with Crippen LogP contribution in [0.25, 0.3) is 0 Å². The Bertz CT molecular complexity index is 480. The maximum atomic E-state index is 14.0. The van der Waals surface area contributed by atoms with Crippen molar-refractivity contribution in [3.63, 3.8) is 0 Å². The SMILES string of the molecule is N#Cc1ccc(N2CC3CCCC(C3)C2)c(F)c1. The number of hydrogen-bond acceptors (Lipinski definition) is 2. The first-order valence-electron chi connectivity index (χ1n) is 6.71. The highest BCUT2D eigenvalue weighted by Gasteiger charge is 2.31. The molecule has 2 unspecified atom stereocenters. The molecule has 1 saturated carbocycles.